The van der Waals surface area contributed by atoms with E-state index >= 15 is 0 Å². The maximum Gasteiger partial charge on any atom is 0.328 e. The van der Waals surface area contributed by atoms with E-state index in [1.807, 2.05) is 18.2 Å². The van der Waals surface area contributed by atoms with E-state index in [0.717, 1.165) is 5.56 Å². The third-order valence-electron chi connectivity index (χ3n) is 2.42. The average Bonchev–Trinajstić information content (AvgIpc) is 2.47. The van der Waals surface area contributed by atoms with E-state index in [0.29, 0.717) is 24.1 Å². The fourth-order valence-electron chi connectivity index (χ4n) is 1.48. The molecular formula is C13H15N3O3. The first kappa shape index (κ1) is 13.1. The summed E-state index contributed by atoms with van der Waals surface area (Å²) in [6.45, 7) is 0.444. The van der Waals surface area contributed by atoms with Crippen molar-refractivity contribution in [2.75, 3.05) is 14.2 Å². The van der Waals surface area contributed by atoms with Gasteiger partial charge in [0.2, 0.25) is 11.8 Å². The van der Waals surface area contributed by atoms with Gasteiger partial charge in [0.25, 0.3) is 0 Å². The largest absolute Gasteiger partial charge is 0.481 e. The number of benzene rings is 1. The second kappa shape index (κ2) is 6.01. The average molecular weight is 261 g/mol. The Kier molecular flexibility index (Phi) is 4.15. The highest BCUT2D eigenvalue weighted by molar-refractivity contribution is 5.31. The smallest absolute Gasteiger partial charge is 0.328 e. The molecule has 2 rings (SSSR count). The molecule has 0 saturated heterocycles. The molecule has 19 heavy (non-hydrogen) atoms. The van der Waals surface area contributed by atoms with Gasteiger partial charge in [-0.15, -0.1) is 0 Å². The summed E-state index contributed by atoms with van der Waals surface area (Å²) in [5.74, 6) is 1.35. The predicted molar refractivity (Wildman–Crippen MR) is 69.5 cm³/mol. The number of nitrogens with two attached hydrogens (primary N) is 1. The van der Waals surface area contributed by atoms with Crippen molar-refractivity contribution >= 4 is 0 Å². The molecule has 0 aliphatic rings. The molecule has 0 spiro atoms. The van der Waals surface area contributed by atoms with Crippen LogP contribution in [0.1, 0.15) is 5.56 Å². The fourth-order valence-corrected chi connectivity index (χ4v) is 1.48. The van der Waals surface area contributed by atoms with E-state index in [1.54, 1.807) is 12.1 Å². The Balaban J connectivity index is 2.26. The molecule has 0 fully saturated rings. The summed E-state index contributed by atoms with van der Waals surface area (Å²) in [5, 5.41) is 0. The van der Waals surface area contributed by atoms with Crippen LogP contribution in [0.25, 0.3) is 0 Å². The lowest BCUT2D eigenvalue weighted by Gasteiger charge is -2.08. The maximum atomic E-state index is 5.58. The first-order chi connectivity index (χ1) is 9.25. The van der Waals surface area contributed by atoms with Crippen molar-refractivity contribution in [3.8, 4) is 23.5 Å². The number of hydrogen-bond donors (Lipinski definition) is 1. The SMILES string of the molecule is COc1cc(OC)nc(Oc2cccc(CN)c2)n1. The molecule has 0 aliphatic carbocycles. The minimum atomic E-state index is 0.158. The van der Waals surface area contributed by atoms with Gasteiger partial charge in [0, 0.05) is 6.54 Å². The molecule has 0 bridgehead atoms. The minimum Gasteiger partial charge on any atom is -0.481 e. The zero-order chi connectivity index (χ0) is 13.7. The predicted octanol–water partition coefficient (Wildman–Crippen LogP) is 1.74. The zero-order valence-corrected chi connectivity index (χ0v) is 10.8. The summed E-state index contributed by atoms with van der Waals surface area (Å²) in [6, 6.07) is 9.13. The van der Waals surface area contributed by atoms with Crippen LogP contribution in [0.5, 0.6) is 23.5 Å². The van der Waals surface area contributed by atoms with Gasteiger partial charge in [-0.05, 0) is 17.7 Å². The maximum absolute atomic E-state index is 5.58. The Morgan fingerprint density at radius 1 is 1.05 bits per heavy atom. The monoisotopic (exact) mass is 261 g/mol. The fraction of sp³-hybridized carbons (Fsp3) is 0.231. The molecule has 6 heteroatoms. The zero-order valence-electron chi connectivity index (χ0n) is 10.8. The van der Waals surface area contributed by atoms with E-state index in [-0.39, 0.29) is 6.01 Å². The highest BCUT2D eigenvalue weighted by Crippen LogP contribution is 2.24. The van der Waals surface area contributed by atoms with Crippen LogP contribution >= 0.6 is 0 Å². The lowest BCUT2D eigenvalue weighted by molar-refractivity contribution is 0.348. The summed E-state index contributed by atoms with van der Waals surface area (Å²) >= 11 is 0. The van der Waals surface area contributed by atoms with E-state index in [9.17, 15) is 0 Å². The van der Waals surface area contributed by atoms with Gasteiger partial charge in [-0.25, -0.2) is 0 Å². The van der Waals surface area contributed by atoms with Crippen molar-refractivity contribution in [3.05, 3.63) is 35.9 Å². The van der Waals surface area contributed by atoms with Crippen LogP contribution in [0, 0.1) is 0 Å². The summed E-state index contributed by atoms with van der Waals surface area (Å²) in [4.78, 5) is 8.17. The highest BCUT2D eigenvalue weighted by Gasteiger charge is 2.07. The molecule has 0 unspecified atom stereocenters. The molecule has 0 aliphatic heterocycles. The van der Waals surface area contributed by atoms with Gasteiger partial charge in [0.1, 0.15) is 5.75 Å². The number of rotatable bonds is 5. The Hall–Kier alpha value is -2.34. The number of aromatic nitrogens is 2. The molecule has 100 valence electrons. The van der Waals surface area contributed by atoms with Gasteiger partial charge in [-0.3, -0.25) is 0 Å². The van der Waals surface area contributed by atoms with Crippen molar-refractivity contribution in [1.82, 2.24) is 9.97 Å². The van der Waals surface area contributed by atoms with Gasteiger partial charge in [0.05, 0.1) is 20.3 Å². The topological polar surface area (TPSA) is 79.5 Å². The van der Waals surface area contributed by atoms with Crippen molar-refractivity contribution in [1.29, 1.82) is 0 Å². The molecule has 0 saturated carbocycles. The third kappa shape index (κ3) is 3.32. The summed E-state index contributed by atoms with van der Waals surface area (Å²) in [6.07, 6.45) is 0. The molecule has 2 N–H and O–H groups in total. The van der Waals surface area contributed by atoms with Crippen molar-refractivity contribution < 1.29 is 14.2 Å². The van der Waals surface area contributed by atoms with Crippen molar-refractivity contribution in [2.45, 2.75) is 6.54 Å². The van der Waals surface area contributed by atoms with Crippen LogP contribution in [0.3, 0.4) is 0 Å². The minimum absolute atomic E-state index is 0.158. The van der Waals surface area contributed by atoms with Gasteiger partial charge in [-0.2, -0.15) is 9.97 Å². The van der Waals surface area contributed by atoms with E-state index in [1.165, 1.54) is 14.2 Å². The number of ether oxygens (including phenoxy) is 3. The molecule has 2 aromatic rings. The molecule has 1 aromatic carbocycles. The standard InChI is InChI=1S/C13H15N3O3/c1-17-11-7-12(18-2)16-13(15-11)19-10-5-3-4-9(6-10)8-14/h3-7H,8,14H2,1-2H3. The molecule has 0 radical (unpaired) electrons. The lowest BCUT2D eigenvalue weighted by atomic mass is 10.2. The molecular weight excluding hydrogens is 246 g/mol. The summed E-state index contributed by atoms with van der Waals surface area (Å²) in [7, 11) is 3.03. The first-order valence-corrected chi connectivity index (χ1v) is 5.69. The van der Waals surface area contributed by atoms with Crippen molar-refractivity contribution in [2.24, 2.45) is 5.73 Å². The second-order valence-corrected chi connectivity index (χ2v) is 3.69. The normalized spacial score (nSPS) is 10.1. The highest BCUT2D eigenvalue weighted by atomic mass is 16.5. The number of methoxy groups -OCH3 is 2. The summed E-state index contributed by atoms with van der Waals surface area (Å²) in [5.41, 5.74) is 6.54. The van der Waals surface area contributed by atoms with Crippen LogP contribution in [-0.2, 0) is 6.54 Å². The van der Waals surface area contributed by atoms with Gasteiger partial charge in [-0.1, -0.05) is 12.1 Å². The summed E-state index contributed by atoms with van der Waals surface area (Å²) < 4.78 is 15.7. The van der Waals surface area contributed by atoms with Crippen LogP contribution in [0.2, 0.25) is 0 Å². The quantitative estimate of drug-likeness (QED) is 0.883. The lowest BCUT2D eigenvalue weighted by Crippen LogP contribution is -1.99. The van der Waals surface area contributed by atoms with E-state index in [2.05, 4.69) is 9.97 Å². The van der Waals surface area contributed by atoms with Gasteiger partial charge < -0.3 is 19.9 Å². The van der Waals surface area contributed by atoms with Gasteiger partial charge >= 0.3 is 6.01 Å². The Bertz CT molecular complexity index is 538. The Morgan fingerprint density at radius 3 is 2.32 bits per heavy atom. The van der Waals surface area contributed by atoms with Crippen LogP contribution in [0.15, 0.2) is 30.3 Å². The van der Waals surface area contributed by atoms with Crippen LogP contribution in [0.4, 0.5) is 0 Å². The molecule has 0 amide bonds. The molecule has 0 atom stereocenters. The van der Waals surface area contributed by atoms with Crippen molar-refractivity contribution in [3.63, 3.8) is 0 Å². The van der Waals surface area contributed by atoms with E-state index < -0.39 is 0 Å². The van der Waals surface area contributed by atoms with Crippen LogP contribution < -0.4 is 19.9 Å². The number of hydrogen-bond acceptors (Lipinski definition) is 6. The first-order valence-electron chi connectivity index (χ1n) is 5.69. The number of nitrogens with zero attached hydrogens (tertiary/aromatic N) is 2. The molecule has 1 heterocycles. The van der Waals surface area contributed by atoms with E-state index in [4.69, 9.17) is 19.9 Å². The Morgan fingerprint density at radius 2 is 1.74 bits per heavy atom. The molecule has 6 nitrogen and oxygen atoms in total. The van der Waals surface area contributed by atoms with Gasteiger partial charge in [0.15, 0.2) is 0 Å². The Labute approximate surface area is 111 Å². The third-order valence-corrected chi connectivity index (χ3v) is 2.42. The second-order valence-electron chi connectivity index (χ2n) is 3.69. The van der Waals surface area contributed by atoms with Crippen LogP contribution in [-0.4, -0.2) is 24.2 Å². The molecule has 1 aromatic heterocycles.